The van der Waals surface area contributed by atoms with E-state index >= 15 is 0 Å². The molecule has 0 aromatic carbocycles. The summed E-state index contributed by atoms with van der Waals surface area (Å²) in [5.74, 6) is -0.692. The molecule has 2 nitrogen and oxygen atoms in total. The van der Waals surface area contributed by atoms with Crippen molar-refractivity contribution in [2.45, 2.75) is 39.8 Å². The molecule has 131 valence electrons. The first kappa shape index (κ1) is 25.7. The quantitative estimate of drug-likeness (QED) is 0.408. The summed E-state index contributed by atoms with van der Waals surface area (Å²) in [5, 5.41) is 0.293. The van der Waals surface area contributed by atoms with Gasteiger partial charge in [-0.05, 0) is 28.8 Å². The van der Waals surface area contributed by atoms with Crippen LogP contribution in [0.3, 0.4) is 0 Å². The zero-order valence-corrected chi connectivity index (χ0v) is 17.4. The number of hydrogen-bond donors (Lipinski definition) is 0. The van der Waals surface area contributed by atoms with Crippen molar-refractivity contribution in [3.8, 4) is 0 Å². The Labute approximate surface area is 169 Å². The molecule has 0 saturated heterocycles. The van der Waals surface area contributed by atoms with Crippen LogP contribution in [0.1, 0.15) is 44.7 Å². The van der Waals surface area contributed by atoms with Gasteiger partial charge in [0.25, 0.3) is 0 Å². The molecular weight excluding hydrogens is 421 g/mol. The molecule has 0 fully saturated rings. The SMILES string of the molecule is CC.CC(C)c1cnccc1C(F)(F)F.Fc1[c-]ncc(Cl)c1.[Y]. The molecule has 0 unspecified atom stereocenters. The predicted octanol–water partition coefficient (Wildman–Crippen LogP) is 5.92. The van der Waals surface area contributed by atoms with Crippen LogP contribution < -0.4 is 0 Å². The number of pyridine rings is 2. The minimum Gasteiger partial charge on any atom is -0.390 e. The maximum Gasteiger partial charge on any atom is 0.416 e. The number of nitrogens with zero attached hydrogens (tertiary/aromatic N) is 2. The molecule has 0 aliphatic rings. The summed E-state index contributed by atoms with van der Waals surface area (Å²) in [6.45, 7) is 7.43. The summed E-state index contributed by atoms with van der Waals surface area (Å²) >= 11 is 5.32. The van der Waals surface area contributed by atoms with Gasteiger partial charge in [-0.25, -0.2) is 4.39 Å². The average molecular weight is 439 g/mol. The Hall–Kier alpha value is -0.586. The fourth-order valence-corrected chi connectivity index (χ4v) is 1.62. The number of rotatable bonds is 1. The Morgan fingerprint density at radius 1 is 1.17 bits per heavy atom. The minimum absolute atomic E-state index is 0. The first-order chi connectivity index (χ1) is 10.7. The molecule has 0 N–H and O–H groups in total. The van der Waals surface area contributed by atoms with E-state index in [0.717, 1.165) is 18.3 Å². The van der Waals surface area contributed by atoms with E-state index in [0.29, 0.717) is 5.02 Å². The van der Waals surface area contributed by atoms with Gasteiger partial charge >= 0.3 is 6.18 Å². The van der Waals surface area contributed by atoms with E-state index in [1.165, 1.54) is 12.4 Å². The Bertz CT molecular complexity index is 575. The van der Waals surface area contributed by atoms with Crippen molar-refractivity contribution in [2.24, 2.45) is 0 Å². The number of alkyl halides is 3. The van der Waals surface area contributed by atoms with Gasteiger partial charge in [-0.15, -0.1) is 17.7 Å². The molecular formula is C16H18ClF4N2Y-. The molecule has 0 amide bonds. The number of aromatic nitrogens is 2. The van der Waals surface area contributed by atoms with Crippen LogP contribution in [0.4, 0.5) is 17.6 Å². The third-order valence-electron chi connectivity index (χ3n) is 2.40. The molecule has 2 aromatic rings. The van der Waals surface area contributed by atoms with Gasteiger partial charge in [0.2, 0.25) is 0 Å². The van der Waals surface area contributed by atoms with E-state index in [2.05, 4.69) is 16.2 Å². The smallest absolute Gasteiger partial charge is 0.390 e. The maximum absolute atomic E-state index is 12.4. The van der Waals surface area contributed by atoms with Gasteiger partial charge in [-0.2, -0.15) is 13.2 Å². The molecule has 0 atom stereocenters. The van der Waals surface area contributed by atoms with Crippen LogP contribution >= 0.6 is 11.6 Å². The van der Waals surface area contributed by atoms with Gasteiger partial charge < -0.3 is 4.98 Å². The molecule has 2 rings (SSSR count). The van der Waals surface area contributed by atoms with Crippen molar-refractivity contribution in [3.05, 3.63) is 58.9 Å². The van der Waals surface area contributed by atoms with E-state index in [4.69, 9.17) is 11.6 Å². The predicted molar refractivity (Wildman–Crippen MR) is 82.7 cm³/mol. The van der Waals surface area contributed by atoms with Crippen molar-refractivity contribution in [2.75, 3.05) is 0 Å². The zero-order chi connectivity index (χ0) is 18.0. The van der Waals surface area contributed by atoms with E-state index in [9.17, 15) is 17.6 Å². The largest absolute Gasteiger partial charge is 0.416 e. The second-order valence-corrected chi connectivity index (χ2v) is 4.80. The Morgan fingerprint density at radius 2 is 1.75 bits per heavy atom. The molecule has 2 aromatic heterocycles. The molecule has 2 heterocycles. The Morgan fingerprint density at radius 3 is 2.08 bits per heavy atom. The van der Waals surface area contributed by atoms with Crippen LogP contribution in [-0.4, -0.2) is 9.97 Å². The molecule has 0 saturated carbocycles. The van der Waals surface area contributed by atoms with Gasteiger partial charge in [0.1, 0.15) is 0 Å². The zero-order valence-electron chi connectivity index (χ0n) is 13.8. The summed E-state index contributed by atoms with van der Waals surface area (Å²) in [6.07, 6.45) is 1.55. The topological polar surface area (TPSA) is 25.8 Å². The first-order valence-corrected chi connectivity index (χ1v) is 7.29. The van der Waals surface area contributed by atoms with Crippen LogP contribution in [0, 0.1) is 12.0 Å². The molecule has 8 heteroatoms. The molecule has 1 radical (unpaired) electrons. The Kier molecular flexibility index (Phi) is 13.6. The molecule has 24 heavy (non-hydrogen) atoms. The molecule has 0 aliphatic heterocycles. The van der Waals surface area contributed by atoms with Crippen LogP contribution in [-0.2, 0) is 38.9 Å². The van der Waals surface area contributed by atoms with Crippen molar-refractivity contribution in [1.82, 2.24) is 9.97 Å². The summed E-state index contributed by atoms with van der Waals surface area (Å²) in [6, 6.07) is 2.16. The second-order valence-electron chi connectivity index (χ2n) is 4.36. The third-order valence-corrected chi connectivity index (χ3v) is 2.61. The van der Waals surface area contributed by atoms with Gasteiger partial charge in [0.15, 0.2) is 0 Å². The van der Waals surface area contributed by atoms with Gasteiger partial charge in [-0.1, -0.05) is 33.9 Å². The fourth-order valence-electron chi connectivity index (χ4n) is 1.47. The number of halogens is 5. The first-order valence-electron chi connectivity index (χ1n) is 6.91. The second kappa shape index (κ2) is 12.7. The monoisotopic (exact) mass is 438 g/mol. The van der Waals surface area contributed by atoms with E-state index in [1.807, 2.05) is 13.8 Å². The normalized spacial score (nSPS) is 9.92. The van der Waals surface area contributed by atoms with Crippen LogP contribution in [0.25, 0.3) is 0 Å². The van der Waals surface area contributed by atoms with Crippen molar-refractivity contribution in [3.63, 3.8) is 0 Å². The van der Waals surface area contributed by atoms with Crippen LogP contribution in [0.15, 0.2) is 30.7 Å². The van der Waals surface area contributed by atoms with Crippen molar-refractivity contribution >= 4 is 11.6 Å². The summed E-state index contributed by atoms with van der Waals surface area (Å²) < 4.78 is 49.1. The van der Waals surface area contributed by atoms with Gasteiger partial charge in [-0.3, -0.25) is 4.98 Å². The van der Waals surface area contributed by atoms with E-state index in [-0.39, 0.29) is 44.2 Å². The standard InChI is InChI=1S/C9H10F3N.C5H2ClFN.C2H6.Y/c1-6(2)7-5-13-4-3-8(7)9(10,11)12;6-4-1-5(7)3-8-2-4;1-2;/h3-6H,1-2H3;1-2H;1-2H3;/q;-1;;. The van der Waals surface area contributed by atoms with Crippen molar-refractivity contribution in [1.29, 1.82) is 0 Å². The van der Waals surface area contributed by atoms with E-state index < -0.39 is 17.6 Å². The number of hydrogen-bond acceptors (Lipinski definition) is 2. The maximum atomic E-state index is 12.4. The van der Waals surface area contributed by atoms with Crippen molar-refractivity contribution < 1.29 is 50.3 Å². The van der Waals surface area contributed by atoms with E-state index in [1.54, 1.807) is 13.8 Å². The molecule has 0 bridgehead atoms. The summed E-state index contributed by atoms with van der Waals surface area (Å²) in [7, 11) is 0. The molecule has 0 aliphatic carbocycles. The van der Waals surface area contributed by atoms with Crippen LogP contribution in [0.5, 0.6) is 0 Å². The Balaban J connectivity index is 0. The fraction of sp³-hybridized carbons (Fsp3) is 0.375. The summed E-state index contributed by atoms with van der Waals surface area (Å²) in [4.78, 5) is 7.03. The van der Waals surface area contributed by atoms with Crippen LogP contribution in [0.2, 0.25) is 5.02 Å². The average Bonchev–Trinajstić information content (AvgIpc) is 2.49. The van der Waals surface area contributed by atoms with Gasteiger partial charge in [0, 0.05) is 50.9 Å². The molecule has 0 spiro atoms. The minimum atomic E-state index is -4.28. The summed E-state index contributed by atoms with van der Waals surface area (Å²) in [5.41, 5.74) is -0.340. The van der Waals surface area contributed by atoms with Gasteiger partial charge in [0.05, 0.1) is 5.56 Å². The third kappa shape index (κ3) is 9.65.